The summed E-state index contributed by atoms with van der Waals surface area (Å²) in [6.45, 7) is 0.0349. The molecular formula is C18H16F3NO4. The number of ether oxygens (including phenoxy) is 2. The third kappa shape index (κ3) is 6.84. The van der Waals surface area contributed by atoms with Crippen molar-refractivity contribution in [3.05, 3.63) is 65.7 Å². The molecule has 2 aromatic rings. The Bertz CT molecular complexity index is 735. The van der Waals surface area contributed by atoms with Crippen LogP contribution in [0.3, 0.4) is 0 Å². The number of aldehydes is 1. The topological polar surface area (TPSA) is 64.6 Å². The van der Waals surface area contributed by atoms with Crippen LogP contribution in [0, 0.1) is 0 Å². The van der Waals surface area contributed by atoms with Gasteiger partial charge in [-0.15, -0.1) is 13.2 Å². The lowest BCUT2D eigenvalue weighted by atomic mass is 10.1. The fourth-order valence-corrected chi connectivity index (χ4v) is 2.17. The van der Waals surface area contributed by atoms with Crippen LogP contribution in [-0.4, -0.2) is 24.8 Å². The number of alkyl carbamates (subject to hydrolysis) is 1. The molecule has 1 amide bonds. The first-order valence-electron chi connectivity index (χ1n) is 7.63. The van der Waals surface area contributed by atoms with E-state index in [0.29, 0.717) is 11.8 Å². The Morgan fingerprint density at radius 3 is 2.42 bits per heavy atom. The van der Waals surface area contributed by atoms with Gasteiger partial charge in [0.15, 0.2) is 0 Å². The molecule has 2 rings (SSSR count). The van der Waals surface area contributed by atoms with Crippen molar-refractivity contribution >= 4 is 12.4 Å². The zero-order chi connectivity index (χ0) is 19.0. The first-order valence-corrected chi connectivity index (χ1v) is 7.63. The summed E-state index contributed by atoms with van der Waals surface area (Å²) in [4.78, 5) is 22.9. The number of amides is 1. The number of hydrogen-bond acceptors (Lipinski definition) is 4. The largest absolute Gasteiger partial charge is 0.573 e. The molecule has 1 atom stereocenters. The van der Waals surface area contributed by atoms with Gasteiger partial charge < -0.3 is 19.6 Å². The van der Waals surface area contributed by atoms with E-state index in [2.05, 4.69) is 10.1 Å². The molecule has 0 aliphatic heterocycles. The Hall–Kier alpha value is -3.03. The number of hydrogen-bond donors (Lipinski definition) is 1. The van der Waals surface area contributed by atoms with Crippen LogP contribution in [0.1, 0.15) is 11.1 Å². The van der Waals surface area contributed by atoms with Crippen LogP contribution in [0.4, 0.5) is 18.0 Å². The predicted molar refractivity (Wildman–Crippen MR) is 86.4 cm³/mol. The average Bonchev–Trinajstić information content (AvgIpc) is 2.59. The number of alkyl halides is 3. The van der Waals surface area contributed by atoms with E-state index in [0.717, 1.165) is 17.7 Å². The van der Waals surface area contributed by atoms with Gasteiger partial charge in [-0.2, -0.15) is 0 Å². The van der Waals surface area contributed by atoms with E-state index in [4.69, 9.17) is 4.74 Å². The zero-order valence-corrected chi connectivity index (χ0v) is 13.5. The van der Waals surface area contributed by atoms with E-state index in [9.17, 15) is 22.8 Å². The first-order chi connectivity index (χ1) is 12.4. The maximum Gasteiger partial charge on any atom is 0.573 e. The highest BCUT2D eigenvalue weighted by Gasteiger charge is 2.31. The molecule has 5 nitrogen and oxygen atoms in total. The molecule has 0 bridgehead atoms. The highest BCUT2D eigenvalue weighted by atomic mass is 19.4. The molecule has 0 fully saturated rings. The number of benzene rings is 2. The highest BCUT2D eigenvalue weighted by molar-refractivity contribution is 5.73. The molecule has 0 aromatic heterocycles. The van der Waals surface area contributed by atoms with Gasteiger partial charge in [0, 0.05) is 0 Å². The lowest BCUT2D eigenvalue weighted by Gasteiger charge is -2.14. The summed E-state index contributed by atoms with van der Waals surface area (Å²) in [5, 5.41) is 2.36. The SMILES string of the molecule is O=C[C@H](Cc1cccc(OC(F)(F)F)c1)NC(=O)OCc1ccccc1. The molecule has 0 aliphatic carbocycles. The van der Waals surface area contributed by atoms with Crippen molar-refractivity contribution in [2.45, 2.75) is 25.4 Å². The summed E-state index contributed by atoms with van der Waals surface area (Å²) in [7, 11) is 0. The van der Waals surface area contributed by atoms with Gasteiger partial charge in [0.25, 0.3) is 0 Å². The van der Waals surface area contributed by atoms with Crippen molar-refractivity contribution < 1.29 is 32.2 Å². The van der Waals surface area contributed by atoms with Gasteiger partial charge in [-0.25, -0.2) is 4.79 Å². The standard InChI is InChI=1S/C18H16F3NO4/c19-18(20,21)26-16-8-4-7-14(10-16)9-15(11-23)22-17(24)25-12-13-5-2-1-3-6-13/h1-8,10-11,15H,9,12H2,(H,22,24)/t15-/m0/s1. The van der Waals surface area contributed by atoms with Gasteiger partial charge in [0.05, 0.1) is 6.04 Å². The van der Waals surface area contributed by atoms with E-state index in [1.165, 1.54) is 12.1 Å². The predicted octanol–water partition coefficient (Wildman–Crippen LogP) is 3.62. The summed E-state index contributed by atoms with van der Waals surface area (Å²) in [5.41, 5.74) is 1.18. The monoisotopic (exact) mass is 367 g/mol. The van der Waals surface area contributed by atoms with Gasteiger partial charge in [-0.3, -0.25) is 0 Å². The second kappa shape index (κ2) is 8.89. The quantitative estimate of drug-likeness (QED) is 0.759. The molecule has 0 saturated carbocycles. The molecule has 26 heavy (non-hydrogen) atoms. The van der Waals surface area contributed by atoms with Gasteiger partial charge in [0.1, 0.15) is 18.6 Å². The fourth-order valence-electron chi connectivity index (χ4n) is 2.17. The van der Waals surface area contributed by atoms with E-state index >= 15 is 0 Å². The van der Waals surface area contributed by atoms with E-state index < -0.39 is 24.2 Å². The number of carbonyl (C=O) groups is 2. The molecule has 2 aromatic carbocycles. The normalized spacial score (nSPS) is 12.1. The van der Waals surface area contributed by atoms with Crippen LogP contribution in [-0.2, 0) is 22.6 Å². The Morgan fingerprint density at radius 1 is 1.08 bits per heavy atom. The van der Waals surface area contributed by atoms with E-state index in [1.807, 2.05) is 6.07 Å². The summed E-state index contributed by atoms with van der Waals surface area (Å²) in [5.74, 6) is -0.397. The van der Waals surface area contributed by atoms with Crippen LogP contribution in [0.25, 0.3) is 0 Å². The summed E-state index contributed by atoms with van der Waals surface area (Å²) in [6.07, 6.45) is -5.11. The van der Waals surface area contributed by atoms with Crippen molar-refractivity contribution in [3.63, 3.8) is 0 Å². The first kappa shape index (κ1) is 19.3. The smallest absolute Gasteiger partial charge is 0.445 e. The minimum absolute atomic E-state index is 0.000998. The van der Waals surface area contributed by atoms with Crippen molar-refractivity contribution in [2.75, 3.05) is 0 Å². The number of nitrogens with one attached hydrogen (secondary N) is 1. The van der Waals surface area contributed by atoms with Crippen LogP contribution in [0.5, 0.6) is 5.75 Å². The molecular weight excluding hydrogens is 351 g/mol. The Kier molecular flexibility index (Phi) is 6.60. The van der Waals surface area contributed by atoms with Crippen molar-refractivity contribution in [1.29, 1.82) is 0 Å². The van der Waals surface area contributed by atoms with Crippen molar-refractivity contribution in [1.82, 2.24) is 5.32 Å². The number of halogens is 3. The third-order valence-corrected chi connectivity index (χ3v) is 3.27. The highest BCUT2D eigenvalue weighted by Crippen LogP contribution is 2.23. The minimum atomic E-state index is -4.80. The van der Waals surface area contributed by atoms with Gasteiger partial charge in [0.2, 0.25) is 0 Å². The summed E-state index contributed by atoms with van der Waals surface area (Å²) >= 11 is 0. The number of rotatable bonds is 7. The van der Waals surface area contributed by atoms with Crippen molar-refractivity contribution in [3.8, 4) is 5.75 Å². The lowest BCUT2D eigenvalue weighted by Crippen LogP contribution is -2.37. The Balaban J connectivity index is 1.89. The third-order valence-electron chi connectivity index (χ3n) is 3.27. The molecule has 0 radical (unpaired) electrons. The summed E-state index contributed by atoms with van der Waals surface area (Å²) in [6, 6.07) is 13.2. The second-order valence-electron chi connectivity index (χ2n) is 5.35. The molecule has 0 aliphatic rings. The molecule has 138 valence electrons. The molecule has 8 heteroatoms. The minimum Gasteiger partial charge on any atom is -0.445 e. The molecule has 0 unspecified atom stereocenters. The van der Waals surface area contributed by atoms with Gasteiger partial charge in [-0.05, 0) is 29.7 Å². The Labute approximate surface area is 147 Å². The molecule has 1 N–H and O–H groups in total. The summed E-state index contributed by atoms with van der Waals surface area (Å²) < 4.78 is 45.6. The molecule has 0 saturated heterocycles. The maximum absolute atomic E-state index is 12.2. The number of carbonyl (C=O) groups excluding carboxylic acids is 2. The molecule has 0 heterocycles. The van der Waals surface area contributed by atoms with Gasteiger partial charge in [-0.1, -0.05) is 42.5 Å². The fraction of sp³-hybridized carbons (Fsp3) is 0.222. The van der Waals surface area contributed by atoms with Crippen LogP contribution >= 0.6 is 0 Å². The van der Waals surface area contributed by atoms with Crippen LogP contribution in [0.2, 0.25) is 0 Å². The molecule has 0 spiro atoms. The zero-order valence-electron chi connectivity index (χ0n) is 13.5. The van der Waals surface area contributed by atoms with E-state index in [-0.39, 0.29) is 13.0 Å². The second-order valence-corrected chi connectivity index (χ2v) is 5.35. The van der Waals surface area contributed by atoms with E-state index in [1.54, 1.807) is 24.3 Å². The average molecular weight is 367 g/mol. The Morgan fingerprint density at radius 2 is 1.77 bits per heavy atom. The lowest BCUT2D eigenvalue weighted by molar-refractivity contribution is -0.274. The van der Waals surface area contributed by atoms with Gasteiger partial charge >= 0.3 is 12.5 Å². The maximum atomic E-state index is 12.2. The van der Waals surface area contributed by atoms with Crippen LogP contribution < -0.4 is 10.1 Å². The van der Waals surface area contributed by atoms with Crippen LogP contribution in [0.15, 0.2) is 54.6 Å². The van der Waals surface area contributed by atoms with Crippen molar-refractivity contribution in [2.24, 2.45) is 0 Å².